The Balaban J connectivity index is 1.18. The van der Waals surface area contributed by atoms with E-state index in [9.17, 15) is 0 Å². The van der Waals surface area contributed by atoms with Crippen molar-refractivity contribution in [2.45, 2.75) is 18.8 Å². The van der Waals surface area contributed by atoms with Crippen LogP contribution in [0.1, 0.15) is 29.9 Å². The Morgan fingerprint density at radius 1 is 0.460 bits per heavy atom. The van der Waals surface area contributed by atoms with Gasteiger partial charge in [0.05, 0.1) is 5.69 Å². The first-order chi connectivity index (χ1) is 24.8. The number of fused-ring (bicyclic) bond motifs is 8. The molecule has 0 radical (unpaired) electrons. The van der Waals surface area contributed by atoms with Gasteiger partial charge in [0.25, 0.3) is 0 Å². The van der Waals surface area contributed by atoms with Gasteiger partial charge in [-0.1, -0.05) is 115 Å². The number of anilines is 3. The lowest BCUT2D eigenvalue weighted by Crippen LogP contribution is -2.10. The summed E-state index contributed by atoms with van der Waals surface area (Å²) in [5, 5.41) is 7.88. The maximum Gasteiger partial charge on any atom is 0.0547 e. The molecule has 1 nitrogen and oxygen atoms in total. The largest absolute Gasteiger partial charge is 0.310 e. The quantitative estimate of drug-likeness (QED) is 0.170. The summed E-state index contributed by atoms with van der Waals surface area (Å²) in [6.07, 6.45) is 9.36. The van der Waals surface area contributed by atoms with E-state index >= 15 is 0 Å². The second-order valence-electron chi connectivity index (χ2n) is 13.2. The van der Waals surface area contributed by atoms with Crippen molar-refractivity contribution < 1.29 is 0 Å². The molecule has 0 amide bonds. The summed E-state index contributed by atoms with van der Waals surface area (Å²) in [5.41, 5.74) is 7.59. The van der Waals surface area contributed by atoms with E-state index < -0.39 is 0 Å². The molecule has 0 saturated carbocycles. The molecule has 1 aliphatic rings. The van der Waals surface area contributed by atoms with Crippen molar-refractivity contribution in [1.29, 1.82) is 0 Å². The molecule has 238 valence electrons. The summed E-state index contributed by atoms with van der Waals surface area (Å²) in [6.45, 7) is 0. The summed E-state index contributed by atoms with van der Waals surface area (Å²) >= 11 is 3.82. The number of hydrogen-bond donors (Lipinski definition) is 0. The predicted octanol–water partition coefficient (Wildman–Crippen LogP) is 14.5. The standard InChI is InChI=1S/C47H33NS2/c1-4-14-31(15-5-1)46(32-25-27-44-40(28-32)37-21-12-13-23-43(37)49-44)33-24-26-38-41-30-42(36-20-10-11-22-39(36)47(41)50-45(38)29-33)48(34-16-6-2-7-17-34)35-18-8-3-9-19-35/h2-4,6-30,46H,1,5H2. The van der Waals surface area contributed by atoms with Gasteiger partial charge in [-0.05, 0) is 84.1 Å². The van der Waals surface area contributed by atoms with Gasteiger partial charge >= 0.3 is 0 Å². The van der Waals surface area contributed by atoms with Crippen LogP contribution in [0.4, 0.5) is 17.1 Å². The molecule has 9 aromatic rings. The fourth-order valence-electron chi connectivity index (χ4n) is 7.89. The van der Waals surface area contributed by atoms with E-state index in [1.165, 1.54) is 73.5 Å². The topological polar surface area (TPSA) is 3.24 Å². The molecule has 10 rings (SSSR count). The third kappa shape index (κ3) is 4.88. The Hall–Kier alpha value is -5.48. The summed E-state index contributed by atoms with van der Waals surface area (Å²) in [4.78, 5) is 2.40. The number of nitrogens with zero attached hydrogens (tertiary/aromatic N) is 1. The smallest absolute Gasteiger partial charge is 0.0547 e. The van der Waals surface area contributed by atoms with Crippen molar-refractivity contribution in [3.63, 3.8) is 0 Å². The van der Waals surface area contributed by atoms with Gasteiger partial charge in [0.2, 0.25) is 0 Å². The molecule has 0 N–H and O–H groups in total. The van der Waals surface area contributed by atoms with E-state index in [1.54, 1.807) is 0 Å². The van der Waals surface area contributed by atoms with Crippen molar-refractivity contribution in [2.24, 2.45) is 0 Å². The Labute approximate surface area is 299 Å². The van der Waals surface area contributed by atoms with E-state index in [2.05, 4.69) is 175 Å². The third-order valence-electron chi connectivity index (χ3n) is 10.2. The molecular formula is C47H33NS2. The van der Waals surface area contributed by atoms with Crippen LogP contribution in [0.2, 0.25) is 0 Å². The van der Waals surface area contributed by atoms with Gasteiger partial charge in [-0.2, -0.15) is 0 Å². The van der Waals surface area contributed by atoms with Crippen molar-refractivity contribution in [3.05, 3.63) is 187 Å². The van der Waals surface area contributed by atoms with Crippen LogP contribution in [0.5, 0.6) is 0 Å². The average Bonchev–Trinajstić information content (AvgIpc) is 3.74. The van der Waals surface area contributed by atoms with E-state index in [1.807, 2.05) is 22.7 Å². The Bertz CT molecular complexity index is 2730. The van der Waals surface area contributed by atoms with Crippen molar-refractivity contribution in [2.75, 3.05) is 4.90 Å². The van der Waals surface area contributed by atoms with Crippen molar-refractivity contribution in [3.8, 4) is 0 Å². The summed E-state index contributed by atoms with van der Waals surface area (Å²) < 4.78 is 5.38. The van der Waals surface area contributed by atoms with Crippen molar-refractivity contribution >= 4 is 90.9 Å². The van der Waals surface area contributed by atoms with E-state index in [0.29, 0.717) is 0 Å². The molecular weight excluding hydrogens is 643 g/mol. The first kappa shape index (κ1) is 29.4. The second-order valence-corrected chi connectivity index (χ2v) is 15.3. The number of hydrogen-bond acceptors (Lipinski definition) is 3. The van der Waals surface area contributed by atoms with E-state index in [4.69, 9.17) is 0 Å². The van der Waals surface area contributed by atoms with Gasteiger partial charge in [-0.25, -0.2) is 0 Å². The minimum absolute atomic E-state index is 0.170. The average molecular weight is 676 g/mol. The van der Waals surface area contributed by atoms with Crippen LogP contribution in [0.3, 0.4) is 0 Å². The third-order valence-corrected chi connectivity index (χ3v) is 12.5. The van der Waals surface area contributed by atoms with Crippen LogP contribution >= 0.6 is 22.7 Å². The Morgan fingerprint density at radius 3 is 1.86 bits per heavy atom. The Kier molecular flexibility index (Phi) is 7.14. The molecule has 1 unspecified atom stereocenters. The maximum atomic E-state index is 2.48. The van der Waals surface area contributed by atoms with Crippen LogP contribution < -0.4 is 4.90 Å². The summed E-state index contributed by atoms with van der Waals surface area (Å²) in [5.74, 6) is 0.170. The molecule has 0 saturated heterocycles. The molecule has 2 aromatic heterocycles. The molecule has 7 aromatic carbocycles. The lowest BCUT2D eigenvalue weighted by atomic mass is 9.82. The van der Waals surface area contributed by atoms with Gasteiger partial charge in [-0.3, -0.25) is 0 Å². The number of para-hydroxylation sites is 2. The second kappa shape index (κ2) is 12.1. The van der Waals surface area contributed by atoms with Crippen LogP contribution in [0, 0.1) is 0 Å². The number of rotatable bonds is 6. The van der Waals surface area contributed by atoms with E-state index in [-0.39, 0.29) is 5.92 Å². The predicted molar refractivity (Wildman–Crippen MR) is 219 cm³/mol. The minimum atomic E-state index is 0.170. The maximum absolute atomic E-state index is 2.48. The summed E-state index contributed by atoms with van der Waals surface area (Å²) in [6, 6.07) is 56.1. The molecule has 2 heterocycles. The highest BCUT2D eigenvalue weighted by Crippen LogP contribution is 2.48. The fourth-order valence-corrected chi connectivity index (χ4v) is 10.2. The van der Waals surface area contributed by atoms with Gasteiger partial charge in [0, 0.05) is 68.4 Å². The molecule has 1 aliphatic carbocycles. The zero-order valence-corrected chi connectivity index (χ0v) is 29.1. The SMILES string of the molecule is C1=CC(C(c2ccc3c(c2)sc2c4ccccc4c(N(c4ccccc4)c4ccccc4)cc32)c2ccc3sc4ccccc4c3c2)=CCC1. The molecule has 0 fully saturated rings. The Morgan fingerprint density at radius 2 is 1.10 bits per heavy atom. The lowest BCUT2D eigenvalue weighted by molar-refractivity contribution is 0.924. The van der Waals surface area contributed by atoms with Crippen LogP contribution in [-0.2, 0) is 0 Å². The normalized spacial score (nSPS) is 13.8. The van der Waals surface area contributed by atoms with E-state index in [0.717, 1.165) is 24.2 Å². The molecule has 0 spiro atoms. The first-order valence-electron chi connectivity index (χ1n) is 17.4. The summed E-state index contributed by atoms with van der Waals surface area (Å²) in [7, 11) is 0. The number of thiophene rings is 2. The van der Waals surface area contributed by atoms with Gasteiger partial charge in [0.1, 0.15) is 0 Å². The zero-order valence-electron chi connectivity index (χ0n) is 27.4. The molecule has 0 bridgehead atoms. The number of allylic oxidation sites excluding steroid dienone is 4. The molecule has 0 aliphatic heterocycles. The van der Waals surface area contributed by atoms with Gasteiger partial charge in [0.15, 0.2) is 0 Å². The van der Waals surface area contributed by atoms with Gasteiger partial charge < -0.3 is 4.90 Å². The number of benzene rings is 7. The molecule has 50 heavy (non-hydrogen) atoms. The first-order valence-corrected chi connectivity index (χ1v) is 19.0. The van der Waals surface area contributed by atoms with Gasteiger partial charge in [-0.15, -0.1) is 22.7 Å². The monoisotopic (exact) mass is 675 g/mol. The zero-order chi connectivity index (χ0) is 33.0. The lowest BCUT2D eigenvalue weighted by Gasteiger charge is -2.27. The van der Waals surface area contributed by atoms with Crippen LogP contribution in [0.25, 0.3) is 51.1 Å². The highest BCUT2D eigenvalue weighted by molar-refractivity contribution is 7.26. The highest BCUT2D eigenvalue weighted by atomic mass is 32.1. The molecule has 3 heteroatoms. The van der Waals surface area contributed by atoms with Crippen molar-refractivity contribution in [1.82, 2.24) is 0 Å². The highest BCUT2D eigenvalue weighted by Gasteiger charge is 2.23. The van der Waals surface area contributed by atoms with Crippen LogP contribution in [0.15, 0.2) is 175 Å². The minimum Gasteiger partial charge on any atom is -0.310 e. The fraction of sp³-hybridized carbons (Fsp3) is 0.0638. The van der Waals surface area contributed by atoms with Crippen LogP contribution in [-0.4, -0.2) is 0 Å². The molecule has 1 atom stereocenters.